The summed E-state index contributed by atoms with van der Waals surface area (Å²) in [5.41, 5.74) is 7.56. The van der Waals surface area contributed by atoms with E-state index in [0.717, 1.165) is 22.6 Å². The zero-order valence-corrected chi connectivity index (χ0v) is 9.23. The van der Waals surface area contributed by atoms with Crippen LogP contribution in [0.5, 0.6) is 11.5 Å². The minimum atomic E-state index is 0.284. The van der Waals surface area contributed by atoms with Gasteiger partial charge in [0.05, 0.1) is 6.61 Å². The van der Waals surface area contributed by atoms with Gasteiger partial charge in [0.15, 0.2) is 11.5 Å². The molecule has 0 spiro atoms. The first kappa shape index (κ1) is 11.0. The van der Waals surface area contributed by atoms with Crippen molar-refractivity contribution in [2.24, 2.45) is 5.73 Å². The SMILES string of the molecule is COCc1cc2c(cc1/C=C/CN)OCO2. The fourth-order valence-corrected chi connectivity index (χ4v) is 1.63. The molecule has 0 radical (unpaired) electrons. The van der Waals surface area contributed by atoms with Crippen LogP contribution in [0.4, 0.5) is 0 Å². The minimum absolute atomic E-state index is 0.284. The van der Waals surface area contributed by atoms with Crippen LogP contribution in [0.25, 0.3) is 6.08 Å². The van der Waals surface area contributed by atoms with Crippen molar-refractivity contribution in [2.75, 3.05) is 20.4 Å². The number of ether oxygens (including phenoxy) is 3. The number of benzene rings is 1. The van der Waals surface area contributed by atoms with Gasteiger partial charge in [-0.25, -0.2) is 0 Å². The third kappa shape index (κ3) is 2.18. The topological polar surface area (TPSA) is 53.7 Å². The third-order valence-electron chi connectivity index (χ3n) is 2.37. The molecule has 2 N–H and O–H groups in total. The van der Waals surface area contributed by atoms with E-state index in [1.54, 1.807) is 7.11 Å². The van der Waals surface area contributed by atoms with Gasteiger partial charge in [0.1, 0.15) is 0 Å². The highest BCUT2D eigenvalue weighted by Gasteiger charge is 2.15. The lowest BCUT2D eigenvalue weighted by molar-refractivity contribution is 0.173. The predicted octanol–water partition coefficient (Wildman–Crippen LogP) is 1.53. The van der Waals surface area contributed by atoms with Gasteiger partial charge in [-0.1, -0.05) is 12.2 Å². The number of methoxy groups -OCH3 is 1. The molecule has 1 aromatic carbocycles. The monoisotopic (exact) mass is 221 g/mol. The molecule has 16 heavy (non-hydrogen) atoms. The van der Waals surface area contributed by atoms with E-state index in [2.05, 4.69) is 0 Å². The van der Waals surface area contributed by atoms with E-state index in [1.165, 1.54) is 0 Å². The first-order valence-electron chi connectivity index (χ1n) is 5.13. The Kier molecular flexibility index (Phi) is 3.44. The lowest BCUT2D eigenvalue weighted by Crippen LogP contribution is -1.95. The third-order valence-corrected chi connectivity index (χ3v) is 2.37. The standard InChI is InChI=1S/C12H15NO3/c1-14-7-10-6-12-11(15-8-16-12)5-9(10)3-2-4-13/h2-3,5-6H,4,7-8,13H2,1H3/b3-2+. The summed E-state index contributed by atoms with van der Waals surface area (Å²) in [6.45, 7) is 1.34. The Labute approximate surface area is 94.6 Å². The maximum Gasteiger partial charge on any atom is 0.231 e. The molecule has 0 fully saturated rings. The summed E-state index contributed by atoms with van der Waals surface area (Å²) in [7, 11) is 1.67. The van der Waals surface area contributed by atoms with Crippen LogP contribution in [-0.2, 0) is 11.3 Å². The first-order chi connectivity index (χ1) is 7.85. The zero-order chi connectivity index (χ0) is 11.4. The second-order valence-electron chi connectivity index (χ2n) is 3.48. The van der Waals surface area contributed by atoms with Crippen molar-refractivity contribution < 1.29 is 14.2 Å². The van der Waals surface area contributed by atoms with Crippen molar-refractivity contribution in [3.63, 3.8) is 0 Å². The van der Waals surface area contributed by atoms with E-state index >= 15 is 0 Å². The van der Waals surface area contributed by atoms with Crippen molar-refractivity contribution in [3.05, 3.63) is 29.3 Å². The molecule has 2 rings (SSSR count). The average molecular weight is 221 g/mol. The fourth-order valence-electron chi connectivity index (χ4n) is 1.63. The molecular formula is C12H15NO3. The Balaban J connectivity index is 2.36. The van der Waals surface area contributed by atoms with Gasteiger partial charge in [-0.2, -0.15) is 0 Å². The van der Waals surface area contributed by atoms with Gasteiger partial charge >= 0.3 is 0 Å². The second-order valence-corrected chi connectivity index (χ2v) is 3.48. The largest absolute Gasteiger partial charge is 0.454 e. The normalized spacial score (nSPS) is 13.6. The van der Waals surface area contributed by atoms with Crippen LogP contribution in [-0.4, -0.2) is 20.4 Å². The molecule has 4 heteroatoms. The van der Waals surface area contributed by atoms with Gasteiger partial charge in [-0.3, -0.25) is 0 Å². The Morgan fingerprint density at radius 3 is 2.81 bits per heavy atom. The van der Waals surface area contributed by atoms with E-state index in [4.69, 9.17) is 19.9 Å². The van der Waals surface area contributed by atoms with Gasteiger partial charge in [-0.05, 0) is 23.3 Å². The summed E-state index contributed by atoms with van der Waals surface area (Å²) in [6, 6.07) is 3.89. The molecule has 0 saturated heterocycles. The summed E-state index contributed by atoms with van der Waals surface area (Å²) in [5.74, 6) is 1.55. The van der Waals surface area contributed by atoms with Gasteiger partial charge in [0, 0.05) is 13.7 Å². The number of fused-ring (bicyclic) bond motifs is 1. The zero-order valence-electron chi connectivity index (χ0n) is 9.23. The molecule has 0 aromatic heterocycles. The van der Waals surface area contributed by atoms with Crippen molar-refractivity contribution in [2.45, 2.75) is 6.61 Å². The van der Waals surface area contributed by atoms with Gasteiger partial charge in [0.25, 0.3) is 0 Å². The van der Waals surface area contributed by atoms with Crippen LogP contribution >= 0.6 is 0 Å². The Hall–Kier alpha value is -1.52. The van der Waals surface area contributed by atoms with Crippen molar-refractivity contribution >= 4 is 6.08 Å². The molecule has 1 aromatic rings. The molecule has 0 atom stereocenters. The highest BCUT2D eigenvalue weighted by molar-refractivity contribution is 5.60. The molecule has 0 bridgehead atoms. The molecule has 0 unspecified atom stereocenters. The van der Waals surface area contributed by atoms with E-state index in [-0.39, 0.29) is 6.79 Å². The number of hydrogen-bond acceptors (Lipinski definition) is 4. The highest BCUT2D eigenvalue weighted by atomic mass is 16.7. The van der Waals surface area contributed by atoms with E-state index in [0.29, 0.717) is 13.2 Å². The quantitative estimate of drug-likeness (QED) is 0.837. The van der Waals surface area contributed by atoms with Crippen LogP contribution in [0, 0.1) is 0 Å². The first-order valence-corrected chi connectivity index (χ1v) is 5.13. The Morgan fingerprint density at radius 2 is 2.12 bits per heavy atom. The van der Waals surface area contributed by atoms with E-state index in [9.17, 15) is 0 Å². The number of nitrogens with two attached hydrogens (primary N) is 1. The molecule has 1 aliphatic rings. The number of rotatable bonds is 4. The summed E-state index contributed by atoms with van der Waals surface area (Å²) in [4.78, 5) is 0. The van der Waals surface area contributed by atoms with Gasteiger partial charge in [-0.15, -0.1) is 0 Å². The molecule has 1 heterocycles. The van der Waals surface area contributed by atoms with E-state index < -0.39 is 0 Å². The van der Waals surface area contributed by atoms with Crippen molar-refractivity contribution in [1.82, 2.24) is 0 Å². The minimum Gasteiger partial charge on any atom is -0.454 e. The van der Waals surface area contributed by atoms with Crippen molar-refractivity contribution in [3.8, 4) is 11.5 Å². The second kappa shape index (κ2) is 5.01. The molecule has 1 aliphatic heterocycles. The van der Waals surface area contributed by atoms with Crippen LogP contribution in [0.15, 0.2) is 18.2 Å². The van der Waals surface area contributed by atoms with Gasteiger partial charge < -0.3 is 19.9 Å². The van der Waals surface area contributed by atoms with Gasteiger partial charge in [0.2, 0.25) is 6.79 Å². The van der Waals surface area contributed by atoms with Crippen LogP contribution in [0.3, 0.4) is 0 Å². The van der Waals surface area contributed by atoms with Crippen LogP contribution in [0.2, 0.25) is 0 Å². The molecule has 86 valence electrons. The summed E-state index contributed by atoms with van der Waals surface area (Å²) in [5, 5.41) is 0. The van der Waals surface area contributed by atoms with E-state index in [1.807, 2.05) is 24.3 Å². The molecule has 0 saturated carbocycles. The smallest absolute Gasteiger partial charge is 0.231 e. The molecule has 0 aliphatic carbocycles. The van der Waals surface area contributed by atoms with Crippen molar-refractivity contribution in [1.29, 1.82) is 0 Å². The maximum absolute atomic E-state index is 5.44. The van der Waals surface area contributed by atoms with Crippen LogP contribution in [0.1, 0.15) is 11.1 Å². The predicted molar refractivity (Wildman–Crippen MR) is 61.4 cm³/mol. The van der Waals surface area contributed by atoms with Crippen LogP contribution < -0.4 is 15.2 Å². The lowest BCUT2D eigenvalue weighted by Gasteiger charge is -2.07. The molecule has 0 amide bonds. The Bertz CT molecular complexity index is 401. The average Bonchev–Trinajstić information content (AvgIpc) is 2.73. The lowest BCUT2D eigenvalue weighted by atomic mass is 10.1. The fraction of sp³-hybridized carbons (Fsp3) is 0.333. The Morgan fingerprint density at radius 1 is 1.38 bits per heavy atom. The maximum atomic E-state index is 5.44. The highest BCUT2D eigenvalue weighted by Crippen LogP contribution is 2.35. The summed E-state index contributed by atoms with van der Waals surface area (Å²) < 4.78 is 15.8. The molecular weight excluding hydrogens is 206 g/mol. The number of hydrogen-bond donors (Lipinski definition) is 1. The summed E-state index contributed by atoms with van der Waals surface area (Å²) in [6.07, 6.45) is 3.87. The molecule has 4 nitrogen and oxygen atoms in total. The summed E-state index contributed by atoms with van der Waals surface area (Å²) >= 11 is 0.